The maximum Gasteiger partial charge on any atom is 0.251 e. The molecule has 2 aromatic rings. The molecule has 2 rings (SSSR count). The zero-order chi connectivity index (χ0) is 15.2. The maximum atomic E-state index is 12.9. The Morgan fingerprint density at radius 2 is 1.71 bits per heavy atom. The highest BCUT2D eigenvalue weighted by Crippen LogP contribution is 2.16. The molecule has 0 aliphatic heterocycles. The van der Waals surface area contributed by atoms with Crippen LogP contribution < -0.4 is 5.32 Å². The van der Waals surface area contributed by atoms with Gasteiger partial charge >= 0.3 is 0 Å². The van der Waals surface area contributed by atoms with Gasteiger partial charge in [0.15, 0.2) is 0 Å². The number of nitrogens with zero attached hydrogens (tertiary/aromatic N) is 1. The fraction of sp³-hybridized carbons (Fsp3) is 0.235. The van der Waals surface area contributed by atoms with E-state index in [4.69, 9.17) is 0 Å². The number of rotatable bonds is 5. The van der Waals surface area contributed by atoms with Crippen LogP contribution in [0.3, 0.4) is 0 Å². The summed E-state index contributed by atoms with van der Waals surface area (Å²) >= 11 is 0. The number of hydrogen-bond donors (Lipinski definition) is 1. The number of benzene rings is 2. The number of hydrogen-bond acceptors (Lipinski definition) is 2. The quantitative estimate of drug-likeness (QED) is 0.916. The number of carbonyl (C=O) groups excluding carboxylic acids is 1. The molecule has 21 heavy (non-hydrogen) atoms. The maximum absolute atomic E-state index is 12.9. The molecule has 1 amide bonds. The SMILES string of the molecule is CN(C)C(CNC(=O)c1ccc(F)cc1)c1ccccc1. The zero-order valence-corrected chi connectivity index (χ0v) is 12.2. The summed E-state index contributed by atoms with van der Waals surface area (Å²) in [6, 6.07) is 15.6. The average Bonchev–Trinajstić information content (AvgIpc) is 2.48. The summed E-state index contributed by atoms with van der Waals surface area (Å²) in [4.78, 5) is 14.1. The summed E-state index contributed by atoms with van der Waals surface area (Å²) < 4.78 is 12.9. The van der Waals surface area contributed by atoms with Crippen LogP contribution >= 0.6 is 0 Å². The third-order valence-electron chi connectivity index (χ3n) is 3.37. The molecule has 0 fully saturated rings. The van der Waals surface area contributed by atoms with E-state index in [1.54, 1.807) is 0 Å². The molecule has 0 radical (unpaired) electrons. The van der Waals surface area contributed by atoms with Crippen LogP contribution in [0.2, 0.25) is 0 Å². The third kappa shape index (κ3) is 4.13. The topological polar surface area (TPSA) is 32.3 Å². The molecule has 0 heterocycles. The normalized spacial score (nSPS) is 12.2. The minimum atomic E-state index is -0.345. The zero-order valence-electron chi connectivity index (χ0n) is 12.2. The van der Waals surface area contributed by atoms with Gasteiger partial charge < -0.3 is 10.2 Å². The molecule has 2 aromatic carbocycles. The first kappa shape index (κ1) is 15.2. The van der Waals surface area contributed by atoms with Gasteiger partial charge in [-0.2, -0.15) is 0 Å². The summed E-state index contributed by atoms with van der Waals surface area (Å²) in [5.74, 6) is -0.542. The molecule has 0 aliphatic rings. The first-order valence-electron chi connectivity index (χ1n) is 6.83. The van der Waals surface area contributed by atoms with Gasteiger partial charge in [-0.05, 0) is 43.9 Å². The van der Waals surface area contributed by atoms with Gasteiger partial charge in [0, 0.05) is 12.1 Å². The number of likely N-dealkylation sites (N-methyl/N-ethyl adjacent to an activating group) is 1. The fourth-order valence-corrected chi connectivity index (χ4v) is 2.17. The van der Waals surface area contributed by atoms with E-state index in [0.717, 1.165) is 5.56 Å². The largest absolute Gasteiger partial charge is 0.350 e. The summed E-state index contributed by atoms with van der Waals surface area (Å²) in [6.45, 7) is 0.493. The van der Waals surface area contributed by atoms with Crippen molar-refractivity contribution in [2.45, 2.75) is 6.04 Å². The molecule has 0 bridgehead atoms. The molecular weight excluding hydrogens is 267 g/mol. The van der Waals surface area contributed by atoms with Crippen LogP contribution in [0.5, 0.6) is 0 Å². The van der Waals surface area contributed by atoms with Crippen molar-refractivity contribution in [3.05, 3.63) is 71.5 Å². The van der Waals surface area contributed by atoms with E-state index in [1.807, 2.05) is 44.4 Å². The van der Waals surface area contributed by atoms with Crippen LogP contribution in [0.15, 0.2) is 54.6 Å². The van der Waals surface area contributed by atoms with E-state index in [2.05, 4.69) is 10.2 Å². The molecule has 0 saturated heterocycles. The van der Waals surface area contributed by atoms with Crippen molar-refractivity contribution < 1.29 is 9.18 Å². The predicted molar refractivity (Wildman–Crippen MR) is 81.6 cm³/mol. The summed E-state index contributed by atoms with van der Waals surface area (Å²) in [5, 5.41) is 2.90. The van der Waals surface area contributed by atoms with E-state index in [0.29, 0.717) is 12.1 Å². The van der Waals surface area contributed by atoms with Crippen molar-refractivity contribution in [1.82, 2.24) is 10.2 Å². The van der Waals surface area contributed by atoms with Gasteiger partial charge in [-0.3, -0.25) is 4.79 Å². The molecular formula is C17H19FN2O. The van der Waals surface area contributed by atoms with Gasteiger partial charge in [-0.1, -0.05) is 30.3 Å². The van der Waals surface area contributed by atoms with E-state index < -0.39 is 0 Å². The van der Waals surface area contributed by atoms with Crippen molar-refractivity contribution in [3.8, 4) is 0 Å². The molecule has 4 heteroatoms. The Balaban J connectivity index is 2.02. The molecule has 0 aliphatic carbocycles. The van der Waals surface area contributed by atoms with Crippen molar-refractivity contribution in [2.24, 2.45) is 0 Å². The highest BCUT2D eigenvalue weighted by Gasteiger charge is 2.15. The Bertz CT molecular complexity index is 581. The predicted octanol–water partition coefficient (Wildman–Crippen LogP) is 2.86. The van der Waals surface area contributed by atoms with Crippen LogP contribution in [-0.4, -0.2) is 31.4 Å². The van der Waals surface area contributed by atoms with E-state index in [1.165, 1.54) is 24.3 Å². The lowest BCUT2D eigenvalue weighted by atomic mass is 10.1. The van der Waals surface area contributed by atoms with Gasteiger partial charge in [0.25, 0.3) is 5.91 Å². The Labute approximate surface area is 124 Å². The Hall–Kier alpha value is -2.20. The molecule has 3 nitrogen and oxygen atoms in total. The standard InChI is InChI=1S/C17H19FN2O/c1-20(2)16(13-6-4-3-5-7-13)12-19-17(21)14-8-10-15(18)11-9-14/h3-11,16H,12H2,1-2H3,(H,19,21). The minimum absolute atomic E-state index is 0.0931. The Morgan fingerprint density at radius 1 is 1.10 bits per heavy atom. The number of carbonyl (C=O) groups is 1. The minimum Gasteiger partial charge on any atom is -0.350 e. The van der Waals surface area contributed by atoms with Crippen LogP contribution in [0, 0.1) is 5.82 Å². The molecule has 0 aromatic heterocycles. The second-order valence-corrected chi connectivity index (χ2v) is 5.11. The van der Waals surface area contributed by atoms with Gasteiger partial charge in [-0.15, -0.1) is 0 Å². The molecule has 1 N–H and O–H groups in total. The number of halogens is 1. The van der Waals surface area contributed by atoms with Crippen LogP contribution in [0.1, 0.15) is 22.0 Å². The summed E-state index contributed by atoms with van der Waals surface area (Å²) in [6.07, 6.45) is 0. The monoisotopic (exact) mass is 286 g/mol. The molecule has 1 atom stereocenters. The lowest BCUT2D eigenvalue weighted by Crippen LogP contribution is -2.34. The first-order valence-corrected chi connectivity index (χ1v) is 6.83. The van der Waals surface area contributed by atoms with Crippen molar-refractivity contribution >= 4 is 5.91 Å². The summed E-state index contributed by atoms with van der Waals surface area (Å²) in [7, 11) is 3.95. The molecule has 0 spiro atoms. The van der Waals surface area contributed by atoms with Crippen molar-refractivity contribution in [1.29, 1.82) is 0 Å². The Kier molecular flexibility index (Phi) is 5.06. The van der Waals surface area contributed by atoms with E-state index in [-0.39, 0.29) is 17.8 Å². The Morgan fingerprint density at radius 3 is 2.29 bits per heavy atom. The van der Waals surface area contributed by atoms with Crippen LogP contribution in [0.4, 0.5) is 4.39 Å². The lowest BCUT2D eigenvalue weighted by Gasteiger charge is -2.25. The second kappa shape index (κ2) is 6.99. The van der Waals surface area contributed by atoms with E-state index >= 15 is 0 Å². The van der Waals surface area contributed by atoms with Gasteiger partial charge in [-0.25, -0.2) is 4.39 Å². The molecule has 110 valence electrons. The second-order valence-electron chi connectivity index (χ2n) is 5.11. The van der Waals surface area contributed by atoms with Crippen molar-refractivity contribution in [3.63, 3.8) is 0 Å². The number of nitrogens with one attached hydrogen (secondary N) is 1. The molecule has 0 saturated carbocycles. The highest BCUT2D eigenvalue weighted by atomic mass is 19.1. The van der Waals surface area contributed by atoms with Crippen LogP contribution in [0.25, 0.3) is 0 Å². The summed E-state index contributed by atoms with van der Waals surface area (Å²) in [5.41, 5.74) is 1.60. The van der Waals surface area contributed by atoms with Gasteiger partial charge in [0.05, 0.1) is 6.04 Å². The lowest BCUT2D eigenvalue weighted by molar-refractivity contribution is 0.0942. The van der Waals surface area contributed by atoms with Gasteiger partial charge in [0.2, 0.25) is 0 Å². The van der Waals surface area contributed by atoms with Gasteiger partial charge in [0.1, 0.15) is 5.82 Å². The van der Waals surface area contributed by atoms with E-state index in [9.17, 15) is 9.18 Å². The van der Waals surface area contributed by atoms with Crippen LogP contribution in [-0.2, 0) is 0 Å². The van der Waals surface area contributed by atoms with Crippen molar-refractivity contribution in [2.75, 3.05) is 20.6 Å². The average molecular weight is 286 g/mol. The third-order valence-corrected chi connectivity index (χ3v) is 3.37. The first-order chi connectivity index (χ1) is 10.1. The number of amides is 1. The highest BCUT2D eigenvalue weighted by molar-refractivity contribution is 5.94. The smallest absolute Gasteiger partial charge is 0.251 e. The fourth-order valence-electron chi connectivity index (χ4n) is 2.17. The molecule has 1 unspecified atom stereocenters.